The molecule has 126 valence electrons. The van der Waals surface area contributed by atoms with Gasteiger partial charge in [-0.1, -0.05) is 6.07 Å². The van der Waals surface area contributed by atoms with E-state index in [1.807, 2.05) is 0 Å². The van der Waals surface area contributed by atoms with Gasteiger partial charge in [0.2, 0.25) is 11.8 Å². The maximum absolute atomic E-state index is 11.8. The van der Waals surface area contributed by atoms with E-state index in [1.54, 1.807) is 23.6 Å². The average Bonchev–Trinajstić information content (AvgIpc) is 2.46. The third-order valence-corrected chi connectivity index (χ3v) is 3.37. The molecule has 1 unspecified atom stereocenters. The minimum absolute atomic E-state index is 0.0480. The van der Waals surface area contributed by atoms with Crippen molar-refractivity contribution in [1.82, 2.24) is 9.88 Å². The molecule has 0 fully saturated rings. The number of nitrogens with two attached hydrogens (primary N) is 1. The van der Waals surface area contributed by atoms with Crippen LogP contribution < -0.4 is 16.6 Å². The summed E-state index contributed by atoms with van der Waals surface area (Å²) in [6.45, 7) is 2.17. The Hall–Kier alpha value is -2.64. The Morgan fingerprint density at radius 1 is 1.30 bits per heavy atom. The molecule has 0 bridgehead atoms. The zero-order valence-electron chi connectivity index (χ0n) is 12.9. The topological polar surface area (TPSA) is 131 Å². The third kappa shape index (κ3) is 6.33. The van der Waals surface area contributed by atoms with E-state index >= 15 is 0 Å². The molecule has 4 N–H and O–H groups in total. The predicted molar refractivity (Wildman–Crippen MR) is 82.7 cm³/mol. The van der Waals surface area contributed by atoms with Crippen LogP contribution in [0.3, 0.4) is 0 Å². The van der Waals surface area contributed by atoms with Gasteiger partial charge in [0.25, 0.3) is 5.56 Å². The molecular weight excluding hydrogens is 302 g/mol. The van der Waals surface area contributed by atoms with Gasteiger partial charge in [0.15, 0.2) is 0 Å². The number of carbonyl (C=O) groups excluding carboxylic acids is 2. The summed E-state index contributed by atoms with van der Waals surface area (Å²) in [5.74, 6) is -2.28. The summed E-state index contributed by atoms with van der Waals surface area (Å²) >= 11 is 0. The van der Waals surface area contributed by atoms with Crippen molar-refractivity contribution < 1.29 is 19.5 Å². The van der Waals surface area contributed by atoms with Crippen LogP contribution in [0.5, 0.6) is 0 Å². The van der Waals surface area contributed by atoms with Gasteiger partial charge in [0.05, 0.1) is 0 Å². The number of primary amides is 1. The number of hydrogen-bond donors (Lipinski definition) is 3. The van der Waals surface area contributed by atoms with Gasteiger partial charge in [-0.2, -0.15) is 0 Å². The second-order valence-electron chi connectivity index (χ2n) is 5.22. The average molecular weight is 323 g/mol. The SMILES string of the molecule is Cc1cccc(=O)n1CCCC(=O)NC(CCC(N)=O)C(=O)O. The van der Waals surface area contributed by atoms with Crippen LogP contribution in [0.1, 0.15) is 31.4 Å². The van der Waals surface area contributed by atoms with Crippen molar-refractivity contribution in [3.63, 3.8) is 0 Å². The molecule has 1 aromatic heterocycles. The van der Waals surface area contributed by atoms with Gasteiger partial charge < -0.3 is 20.7 Å². The first kappa shape index (κ1) is 18.4. The van der Waals surface area contributed by atoms with Crippen LogP contribution in [0.2, 0.25) is 0 Å². The van der Waals surface area contributed by atoms with Crippen molar-refractivity contribution in [2.24, 2.45) is 5.73 Å². The Balaban J connectivity index is 2.48. The van der Waals surface area contributed by atoms with E-state index in [0.29, 0.717) is 13.0 Å². The van der Waals surface area contributed by atoms with Gasteiger partial charge in [-0.15, -0.1) is 0 Å². The smallest absolute Gasteiger partial charge is 0.326 e. The van der Waals surface area contributed by atoms with Gasteiger partial charge in [-0.3, -0.25) is 14.4 Å². The van der Waals surface area contributed by atoms with E-state index in [9.17, 15) is 19.2 Å². The molecule has 8 heteroatoms. The first-order valence-electron chi connectivity index (χ1n) is 7.28. The highest BCUT2D eigenvalue weighted by Crippen LogP contribution is 2.01. The summed E-state index contributed by atoms with van der Waals surface area (Å²) in [4.78, 5) is 45.2. The molecule has 0 radical (unpaired) electrons. The number of nitrogens with zero attached hydrogens (tertiary/aromatic N) is 1. The Bertz CT molecular complexity index is 638. The molecule has 1 rings (SSSR count). The fraction of sp³-hybridized carbons (Fsp3) is 0.467. The molecule has 8 nitrogen and oxygen atoms in total. The van der Waals surface area contributed by atoms with Gasteiger partial charge in [0, 0.05) is 31.1 Å². The number of rotatable bonds is 9. The molecule has 0 aromatic carbocycles. The molecular formula is C15H21N3O5. The Labute approximate surface area is 133 Å². The fourth-order valence-corrected chi connectivity index (χ4v) is 2.12. The number of carbonyl (C=O) groups is 3. The van der Waals surface area contributed by atoms with Crippen molar-refractivity contribution in [3.8, 4) is 0 Å². The normalized spacial score (nSPS) is 11.7. The maximum Gasteiger partial charge on any atom is 0.326 e. The van der Waals surface area contributed by atoms with Crippen molar-refractivity contribution in [3.05, 3.63) is 34.2 Å². The highest BCUT2D eigenvalue weighted by atomic mass is 16.4. The Morgan fingerprint density at radius 2 is 2.00 bits per heavy atom. The lowest BCUT2D eigenvalue weighted by molar-refractivity contribution is -0.142. The standard InChI is InChI=1S/C15H21N3O5/c1-10-4-2-6-14(21)18(10)9-3-5-13(20)17-11(15(22)23)7-8-12(16)19/h2,4,6,11H,3,5,7-9H2,1H3,(H2,16,19)(H,17,20)(H,22,23). The van der Waals surface area contributed by atoms with Crippen molar-refractivity contribution in [1.29, 1.82) is 0 Å². The molecule has 1 heterocycles. The molecule has 2 amide bonds. The summed E-state index contributed by atoms with van der Waals surface area (Å²) in [6, 6.07) is 3.76. The van der Waals surface area contributed by atoms with E-state index in [4.69, 9.17) is 10.8 Å². The first-order valence-corrected chi connectivity index (χ1v) is 7.28. The number of carboxylic acid groups (broad SMARTS) is 1. The summed E-state index contributed by atoms with van der Waals surface area (Å²) in [5.41, 5.74) is 5.62. The van der Waals surface area contributed by atoms with E-state index in [-0.39, 0.29) is 24.8 Å². The highest BCUT2D eigenvalue weighted by Gasteiger charge is 2.20. The van der Waals surface area contributed by atoms with Crippen LogP contribution in [0, 0.1) is 6.92 Å². The lowest BCUT2D eigenvalue weighted by Crippen LogP contribution is -2.41. The molecule has 0 spiro atoms. The second-order valence-corrected chi connectivity index (χ2v) is 5.22. The number of aromatic nitrogens is 1. The third-order valence-electron chi connectivity index (χ3n) is 3.37. The lowest BCUT2D eigenvalue weighted by Gasteiger charge is -2.14. The molecule has 1 aromatic rings. The van der Waals surface area contributed by atoms with E-state index in [1.165, 1.54) is 6.07 Å². The Morgan fingerprint density at radius 3 is 2.57 bits per heavy atom. The lowest BCUT2D eigenvalue weighted by atomic mass is 10.1. The zero-order chi connectivity index (χ0) is 17.4. The largest absolute Gasteiger partial charge is 0.480 e. The van der Waals surface area contributed by atoms with Gasteiger partial charge >= 0.3 is 5.97 Å². The number of pyridine rings is 1. The quantitative estimate of drug-likeness (QED) is 0.577. The highest BCUT2D eigenvalue weighted by molar-refractivity contribution is 5.84. The zero-order valence-corrected chi connectivity index (χ0v) is 12.9. The van der Waals surface area contributed by atoms with Gasteiger partial charge in [0.1, 0.15) is 6.04 Å². The maximum atomic E-state index is 11.8. The van der Waals surface area contributed by atoms with E-state index in [0.717, 1.165) is 5.69 Å². The minimum Gasteiger partial charge on any atom is -0.480 e. The minimum atomic E-state index is -1.21. The van der Waals surface area contributed by atoms with Gasteiger partial charge in [-0.05, 0) is 25.8 Å². The number of nitrogens with one attached hydrogen (secondary N) is 1. The molecule has 0 aliphatic carbocycles. The van der Waals surface area contributed by atoms with Crippen LogP contribution in [-0.4, -0.2) is 33.5 Å². The molecule has 0 aliphatic rings. The van der Waals surface area contributed by atoms with Gasteiger partial charge in [-0.25, -0.2) is 4.79 Å². The Kier molecular flexibility index (Phi) is 6.98. The monoisotopic (exact) mass is 323 g/mol. The van der Waals surface area contributed by atoms with Crippen molar-refractivity contribution >= 4 is 17.8 Å². The number of aliphatic carboxylic acids is 1. The molecule has 0 saturated carbocycles. The van der Waals surface area contributed by atoms with E-state index < -0.39 is 23.8 Å². The number of aryl methyl sites for hydroxylation is 1. The molecule has 23 heavy (non-hydrogen) atoms. The van der Waals surface area contributed by atoms with Crippen LogP contribution in [0.4, 0.5) is 0 Å². The first-order chi connectivity index (χ1) is 10.8. The van der Waals surface area contributed by atoms with Crippen LogP contribution in [-0.2, 0) is 20.9 Å². The van der Waals surface area contributed by atoms with E-state index in [2.05, 4.69) is 5.32 Å². The van der Waals surface area contributed by atoms with Crippen LogP contribution in [0.25, 0.3) is 0 Å². The molecule has 1 atom stereocenters. The van der Waals surface area contributed by atoms with Crippen molar-refractivity contribution in [2.45, 2.75) is 45.2 Å². The van der Waals surface area contributed by atoms with Crippen LogP contribution >= 0.6 is 0 Å². The fourth-order valence-electron chi connectivity index (χ4n) is 2.12. The number of carboxylic acids is 1. The van der Waals surface area contributed by atoms with Crippen LogP contribution in [0.15, 0.2) is 23.0 Å². The second kappa shape index (κ2) is 8.72. The van der Waals surface area contributed by atoms with Crippen molar-refractivity contribution in [2.75, 3.05) is 0 Å². The molecule has 0 aliphatic heterocycles. The number of hydrogen-bond acceptors (Lipinski definition) is 4. The number of amides is 2. The predicted octanol–water partition coefficient (Wildman–Crippen LogP) is -0.228. The summed E-state index contributed by atoms with van der Waals surface area (Å²) in [7, 11) is 0. The summed E-state index contributed by atoms with van der Waals surface area (Å²) in [5, 5.41) is 11.4. The molecule has 0 saturated heterocycles. The summed E-state index contributed by atoms with van der Waals surface area (Å²) in [6.07, 6.45) is 0.323. The summed E-state index contributed by atoms with van der Waals surface area (Å²) < 4.78 is 1.55.